The number of piperidine rings is 1. The molecule has 2 rings (SSSR count). The molecule has 1 N–H and O–H groups in total. The van der Waals surface area contributed by atoms with Crippen LogP contribution >= 0.6 is 0 Å². The van der Waals surface area contributed by atoms with E-state index in [4.69, 9.17) is 5.11 Å². The first-order valence-electron chi connectivity index (χ1n) is 9.39. The molecule has 1 unspecified atom stereocenters. The van der Waals surface area contributed by atoms with Crippen LogP contribution in [0, 0.1) is 5.92 Å². The molecular weight excluding hydrogens is 368 g/mol. The van der Waals surface area contributed by atoms with Crippen LogP contribution in [0.1, 0.15) is 38.7 Å². The molecule has 0 radical (unpaired) electrons. The minimum Gasteiger partial charge on any atom is -0.481 e. The number of likely N-dealkylation sites (tertiary alicyclic amines) is 1. The smallest absolute Gasteiger partial charge is 0.308 e. The lowest BCUT2D eigenvalue weighted by Gasteiger charge is -2.30. The Hall–Kier alpha value is -1.93. The summed E-state index contributed by atoms with van der Waals surface area (Å²) in [6.07, 6.45) is 2.11. The molecule has 1 saturated heterocycles. The fourth-order valence-corrected chi connectivity index (χ4v) is 4.81. The topological polar surface area (TPSA) is 95.0 Å². The molecule has 1 atom stereocenters. The zero-order chi connectivity index (χ0) is 20.0. The van der Waals surface area contributed by atoms with Crippen LogP contribution in [0.15, 0.2) is 29.2 Å². The average molecular weight is 397 g/mol. The summed E-state index contributed by atoms with van der Waals surface area (Å²) in [4.78, 5) is 25.4. The summed E-state index contributed by atoms with van der Waals surface area (Å²) in [5.41, 5.74) is 0.883. The highest BCUT2D eigenvalue weighted by Gasteiger charge is 2.28. The van der Waals surface area contributed by atoms with E-state index in [1.807, 2.05) is 0 Å². The number of carboxylic acid groups (broad SMARTS) is 1. The van der Waals surface area contributed by atoms with E-state index in [0.717, 1.165) is 5.56 Å². The Bertz CT molecular complexity index is 757. The summed E-state index contributed by atoms with van der Waals surface area (Å²) >= 11 is 0. The van der Waals surface area contributed by atoms with Crippen molar-refractivity contribution in [3.05, 3.63) is 29.8 Å². The van der Waals surface area contributed by atoms with Crippen LogP contribution < -0.4 is 0 Å². The van der Waals surface area contributed by atoms with Gasteiger partial charge >= 0.3 is 5.97 Å². The van der Waals surface area contributed by atoms with Gasteiger partial charge in [-0.25, -0.2) is 8.42 Å². The van der Waals surface area contributed by atoms with Gasteiger partial charge in [0.15, 0.2) is 0 Å². The lowest BCUT2D eigenvalue weighted by molar-refractivity contribution is -0.145. The predicted octanol–water partition coefficient (Wildman–Crippen LogP) is 1.97. The largest absolute Gasteiger partial charge is 0.481 e. The normalized spacial score (nSPS) is 17.9. The van der Waals surface area contributed by atoms with Crippen molar-refractivity contribution >= 4 is 21.9 Å². The molecule has 1 fully saturated rings. The van der Waals surface area contributed by atoms with Gasteiger partial charge in [0.2, 0.25) is 15.9 Å². The summed E-state index contributed by atoms with van der Waals surface area (Å²) in [6, 6.07) is 6.63. The molecule has 1 aliphatic rings. The van der Waals surface area contributed by atoms with Gasteiger partial charge in [-0.2, -0.15) is 4.31 Å². The number of hydrogen-bond donors (Lipinski definition) is 1. The van der Waals surface area contributed by atoms with Gasteiger partial charge in [0.25, 0.3) is 0 Å². The van der Waals surface area contributed by atoms with Crippen molar-refractivity contribution in [2.24, 2.45) is 5.92 Å². The van der Waals surface area contributed by atoms with Gasteiger partial charge in [-0.3, -0.25) is 9.59 Å². The fraction of sp³-hybridized carbons (Fsp3) is 0.579. The second-order valence-electron chi connectivity index (χ2n) is 6.75. The van der Waals surface area contributed by atoms with Crippen molar-refractivity contribution < 1.29 is 23.1 Å². The van der Waals surface area contributed by atoms with Crippen LogP contribution in [0.5, 0.6) is 0 Å². The number of carboxylic acids is 1. The number of aliphatic carboxylic acids is 1. The van der Waals surface area contributed by atoms with Crippen molar-refractivity contribution in [3.63, 3.8) is 0 Å². The first-order valence-corrected chi connectivity index (χ1v) is 10.8. The highest BCUT2D eigenvalue weighted by atomic mass is 32.2. The average Bonchev–Trinajstić information content (AvgIpc) is 2.67. The number of aryl methyl sites for hydroxylation is 1. The predicted molar refractivity (Wildman–Crippen MR) is 102 cm³/mol. The van der Waals surface area contributed by atoms with Gasteiger partial charge in [-0.1, -0.05) is 26.0 Å². The number of benzene rings is 1. The van der Waals surface area contributed by atoms with E-state index < -0.39 is 21.9 Å². The third kappa shape index (κ3) is 5.29. The zero-order valence-electron chi connectivity index (χ0n) is 15.9. The number of hydrogen-bond acceptors (Lipinski definition) is 4. The standard InChI is InChI=1S/C19H28N2O5S/c1-3-21(4-2)27(25,26)17-10-7-15(8-11-17)9-12-18(22)20-13-5-6-16(14-20)19(23)24/h7-8,10-11,16H,3-6,9,12-14H2,1-2H3,(H,23,24). The molecule has 1 aromatic carbocycles. The molecule has 0 spiro atoms. The summed E-state index contributed by atoms with van der Waals surface area (Å²) in [6.45, 7) is 5.32. The molecular formula is C19H28N2O5S. The SMILES string of the molecule is CCN(CC)S(=O)(=O)c1ccc(CCC(=O)N2CCCC(C(=O)O)C2)cc1. The third-order valence-corrected chi connectivity index (χ3v) is 7.08. The Morgan fingerprint density at radius 2 is 1.81 bits per heavy atom. The minimum absolute atomic E-state index is 0.0548. The van der Waals surface area contributed by atoms with Crippen molar-refractivity contribution in [1.82, 2.24) is 9.21 Å². The van der Waals surface area contributed by atoms with Crippen molar-refractivity contribution in [2.45, 2.75) is 44.4 Å². The number of nitrogens with zero attached hydrogens (tertiary/aromatic N) is 2. The Balaban J connectivity index is 1.95. The highest BCUT2D eigenvalue weighted by Crippen LogP contribution is 2.19. The molecule has 0 bridgehead atoms. The Morgan fingerprint density at radius 3 is 2.37 bits per heavy atom. The maximum atomic E-state index is 12.5. The molecule has 27 heavy (non-hydrogen) atoms. The van der Waals surface area contributed by atoms with Crippen LogP contribution in [0.25, 0.3) is 0 Å². The zero-order valence-corrected chi connectivity index (χ0v) is 16.7. The van der Waals surface area contributed by atoms with E-state index in [1.54, 1.807) is 43.0 Å². The lowest BCUT2D eigenvalue weighted by atomic mass is 9.97. The third-order valence-electron chi connectivity index (χ3n) is 5.02. The highest BCUT2D eigenvalue weighted by molar-refractivity contribution is 7.89. The molecule has 1 aromatic rings. The summed E-state index contributed by atoms with van der Waals surface area (Å²) in [5.74, 6) is -1.38. The van der Waals surface area contributed by atoms with E-state index in [1.165, 1.54) is 4.31 Å². The molecule has 0 aromatic heterocycles. The van der Waals surface area contributed by atoms with Crippen LogP contribution in [-0.4, -0.2) is 60.8 Å². The minimum atomic E-state index is -3.48. The second kappa shape index (κ2) is 9.32. The number of rotatable bonds is 8. The monoisotopic (exact) mass is 396 g/mol. The van der Waals surface area contributed by atoms with Crippen LogP contribution in [0.4, 0.5) is 0 Å². The maximum absolute atomic E-state index is 12.5. The first kappa shape index (κ1) is 21.4. The van der Waals surface area contributed by atoms with Gasteiger partial charge in [-0.15, -0.1) is 0 Å². The van der Waals surface area contributed by atoms with E-state index in [-0.39, 0.29) is 23.8 Å². The number of carbonyl (C=O) groups excluding carboxylic acids is 1. The van der Waals surface area contributed by atoms with E-state index in [0.29, 0.717) is 38.9 Å². The maximum Gasteiger partial charge on any atom is 0.308 e. The molecule has 0 aliphatic carbocycles. The number of amides is 1. The van der Waals surface area contributed by atoms with E-state index in [9.17, 15) is 18.0 Å². The van der Waals surface area contributed by atoms with Gasteiger partial charge in [0, 0.05) is 32.6 Å². The van der Waals surface area contributed by atoms with Crippen LogP contribution in [0.2, 0.25) is 0 Å². The molecule has 8 heteroatoms. The molecule has 7 nitrogen and oxygen atoms in total. The van der Waals surface area contributed by atoms with Gasteiger partial charge < -0.3 is 10.0 Å². The first-order chi connectivity index (χ1) is 12.8. The molecule has 1 heterocycles. The number of carbonyl (C=O) groups is 2. The van der Waals surface area contributed by atoms with Crippen molar-refractivity contribution in [2.75, 3.05) is 26.2 Å². The van der Waals surface area contributed by atoms with Gasteiger partial charge in [-0.05, 0) is 37.0 Å². The summed E-state index contributed by atoms with van der Waals surface area (Å²) in [5, 5.41) is 9.12. The molecule has 0 saturated carbocycles. The van der Waals surface area contributed by atoms with Crippen molar-refractivity contribution in [3.8, 4) is 0 Å². The van der Waals surface area contributed by atoms with Gasteiger partial charge in [0.05, 0.1) is 10.8 Å². The van der Waals surface area contributed by atoms with E-state index in [2.05, 4.69) is 0 Å². The Labute approximate surface area is 161 Å². The van der Waals surface area contributed by atoms with Crippen molar-refractivity contribution in [1.29, 1.82) is 0 Å². The lowest BCUT2D eigenvalue weighted by Crippen LogP contribution is -2.42. The number of sulfonamides is 1. The van der Waals surface area contributed by atoms with Crippen LogP contribution in [-0.2, 0) is 26.0 Å². The summed E-state index contributed by atoms with van der Waals surface area (Å²) < 4.78 is 26.4. The molecule has 1 amide bonds. The van der Waals surface area contributed by atoms with Crippen LogP contribution in [0.3, 0.4) is 0 Å². The summed E-state index contributed by atoms with van der Waals surface area (Å²) in [7, 11) is -3.48. The second-order valence-corrected chi connectivity index (χ2v) is 8.69. The van der Waals surface area contributed by atoms with Gasteiger partial charge in [0.1, 0.15) is 0 Å². The quantitative estimate of drug-likeness (QED) is 0.725. The molecule has 150 valence electrons. The fourth-order valence-electron chi connectivity index (χ4n) is 3.36. The Morgan fingerprint density at radius 1 is 1.19 bits per heavy atom. The van der Waals surface area contributed by atoms with E-state index >= 15 is 0 Å². The Kier molecular flexibility index (Phi) is 7.38. The molecule has 1 aliphatic heterocycles.